The molecule has 112 valence electrons. The molecule has 2 aromatic heterocycles. The number of nitro groups is 1. The number of halogens is 1. The topological polar surface area (TPSA) is 72.5 Å². The molecule has 0 bridgehead atoms. The molecule has 22 heavy (non-hydrogen) atoms. The lowest BCUT2D eigenvalue weighted by Gasteiger charge is -2.05. The molecule has 0 fully saturated rings. The van der Waals surface area contributed by atoms with E-state index >= 15 is 0 Å². The summed E-state index contributed by atoms with van der Waals surface area (Å²) in [6.07, 6.45) is 3.75. The Kier molecular flexibility index (Phi) is 3.46. The molecule has 2 heterocycles. The fraction of sp³-hybridized carbons (Fsp3) is 0.133. The molecule has 1 aromatic carbocycles. The van der Waals surface area contributed by atoms with Crippen molar-refractivity contribution in [3.05, 3.63) is 69.9 Å². The number of nitro benzene ring substituents is 1. The molecular formula is C15H13FN4O2. The van der Waals surface area contributed by atoms with Crippen LogP contribution in [0.2, 0.25) is 0 Å². The molecular weight excluding hydrogens is 287 g/mol. The molecule has 0 atom stereocenters. The first-order chi connectivity index (χ1) is 10.5. The molecule has 3 rings (SSSR count). The van der Waals surface area contributed by atoms with Gasteiger partial charge in [-0.25, -0.2) is 9.37 Å². The maximum atomic E-state index is 13.8. The van der Waals surface area contributed by atoms with Crippen molar-refractivity contribution >= 4 is 17.0 Å². The van der Waals surface area contributed by atoms with Crippen LogP contribution in [-0.4, -0.2) is 14.3 Å². The monoisotopic (exact) mass is 300 g/mol. The highest BCUT2D eigenvalue weighted by Crippen LogP contribution is 2.21. The first kappa shape index (κ1) is 14.0. The van der Waals surface area contributed by atoms with Crippen molar-refractivity contribution < 1.29 is 9.31 Å². The van der Waals surface area contributed by atoms with Crippen LogP contribution in [0.5, 0.6) is 0 Å². The summed E-state index contributed by atoms with van der Waals surface area (Å²) in [5, 5.41) is 13.5. The number of imidazole rings is 1. The number of non-ortho nitro benzene ring substituents is 1. The summed E-state index contributed by atoms with van der Waals surface area (Å²) >= 11 is 0. The van der Waals surface area contributed by atoms with Gasteiger partial charge < -0.3 is 9.72 Å². The van der Waals surface area contributed by atoms with Crippen molar-refractivity contribution in [3.63, 3.8) is 0 Å². The van der Waals surface area contributed by atoms with Gasteiger partial charge in [0.1, 0.15) is 5.65 Å². The normalized spacial score (nSPS) is 10.8. The second kappa shape index (κ2) is 5.44. The Labute approximate surface area is 125 Å². The van der Waals surface area contributed by atoms with Gasteiger partial charge in [-0.15, -0.1) is 0 Å². The number of nitrogens with one attached hydrogen (secondary N) is 1. The molecule has 0 unspecified atom stereocenters. The van der Waals surface area contributed by atoms with E-state index in [1.165, 1.54) is 12.1 Å². The summed E-state index contributed by atoms with van der Waals surface area (Å²) in [6, 6.07) is 7.41. The lowest BCUT2D eigenvalue weighted by atomic mass is 10.2. The summed E-state index contributed by atoms with van der Waals surface area (Å²) in [7, 11) is 0. The van der Waals surface area contributed by atoms with Crippen molar-refractivity contribution in [1.29, 1.82) is 0 Å². The Morgan fingerprint density at radius 3 is 2.91 bits per heavy atom. The maximum Gasteiger partial charge on any atom is 0.272 e. The number of nitrogens with zero attached hydrogens (tertiary/aromatic N) is 3. The van der Waals surface area contributed by atoms with Crippen LogP contribution >= 0.6 is 0 Å². The average molecular weight is 300 g/mol. The van der Waals surface area contributed by atoms with Crippen LogP contribution in [-0.2, 0) is 6.54 Å². The third kappa shape index (κ3) is 2.60. The van der Waals surface area contributed by atoms with E-state index in [9.17, 15) is 14.5 Å². The molecule has 0 aliphatic carbocycles. The number of rotatable bonds is 4. The van der Waals surface area contributed by atoms with E-state index in [0.717, 1.165) is 23.0 Å². The average Bonchev–Trinajstić information content (AvgIpc) is 2.90. The van der Waals surface area contributed by atoms with Crippen LogP contribution in [0.4, 0.5) is 15.8 Å². The van der Waals surface area contributed by atoms with Gasteiger partial charge in [-0.05, 0) is 24.6 Å². The number of hydrogen-bond acceptors (Lipinski definition) is 4. The molecule has 6 nitrogen and oxygen atoms in total. The second-order valence-electron chi connectivity index (χ2n) is 4.93. The van der Waals surface area contributed by atoms with Crippen molar-refractivity contribution in [3.8, 4) is 0 Å². The predicted molar refractivity (Wildman–Crippen MR) is 80.3 cm³/mol. The van der Waals surface area contributed by atoms with Crippen molar-refractivity contribution in [2.75, 3.05) is 5.32 Å². The SMILES string of the molecule is Cc1cccn2cc(CNc3ccc([N+](=O)[O-])cc3F)nc12. The highest BCUT2D eigenvalue weighted by Gasteiger charge is 2.11. The van der Waals surface area contributed by atoms with Crippen molar-refractivity contribution in [2.45, 2.75) is 13.5 Å². The number of hydrogen-bond donors (Lipinski definition) is 1. The third-order valence-corrected chi connectivity index (χ3v) is 3.35. The van der Waals surface area contributed by atoms with Gasteiger partial charge in [0.05, 0.1) is 28.9 Å². The van der Waals surface area contributed by atoms with Gasteiger partial charge in [-0.3, -0.25) is 10.1 Å². The third-order valence-electron chi connectivity index (χ3n) is 3.35. The van der Waals surface area contributed by atoms with Gasteiger partial charge in [0.15, 0.2) is 5.82 Å². The number of pyridine rings is 1. The van der Waals surface area contributed by atoms with E-state index in [4.69, 9.17) is 0 Å². The van der Waals surface area contributed by atoms with Crippen LogP contribution in [0.1, 0.15) is 11.3 Å². The Hall–Kier alpha value is -2.96. The van der Waals surface area contributed by atoms with Gasteiger partial charge in [0, 0.05) is 18.5 Å². The first-order valence-corrected chi connectivity index (χ1v) is 6.65. The smallest absolute Gasteiger partial charge is 0.272 e. The molecule has 0 amide bonds. The summed E-state index contributed by atoms with van der Waals surface area (Å²) in [4.78, 5) is 14.4. The fourth-order valence-electron chi connectivity index (χ4n) is 2.24. The summed E-state index contributed by atoms with van der Waals surface area (Å²) in [5.74, 6) is -0.658. The Morgan fingerprint density at radius 2 is 2.23 bits per heavy atom. The number of anilines is 1. The number of benzene rings is 1. The highest BCUT2D eigenvalue weighted by atomic mass is 19.1. The van der Waals surface area contributed by atoms with Crippen LogP contribution in [0, 0.1) is 22.9 Å². The zero-order chi connectivity index (χ0) is 15.7. The van der Waals surface area contributed by atoms with Gasteiger partial charge >= 0.3 is 0 Å². The van der Waals surface area contributed by atoms with Gasteiger partial charge in [0.25, 0.3) is 5.69 Å². The number of fused-ring (bicyclic) bond motifs is 1. The number of aryl methyl sites for hydroxylation is 1. The van der Waals surface area contributed by atoms with Crippen LogP contribution in [0.25, 0.3) is 5.65 Å². The van der Waals surface area contributed by atoms with Crippen molar-refractivity contribution in [2.24, 2.45) is 0 Å². The summed E-state index contributed by atoms with van der Waals surface area (Å²) < 4.78 is 15.7. The van der Waals surface area contributed by atoms with Crippen LogP contribution in [0.3, 0.4) is 0 Å². The van der Waals surface area contributed by atoms with E-state index in [1.807, 2.05) is 35.9 Å². The molecule has 3 aromatic rings. The lowest BCUT2D eigenvalue weighted by molar-refractivity contribution is -0.385. The van der Waals surface area contributed by atoms with E-state index in [2.05, 4.69) is 10.3 Å². The zero-order valence-corrected chi connectivity index (χ0v) is 11.8. The second-order valence-corrected chi connectivity index (χ2v) is 4.93. The Morgan fingerprint density at radius 1 is 1.41 bits per heavy atom. The first-order valence-electron chi connectivity index (χ1n) is 6.65. The largest absolute Gasteiger partial charge is 0.377 e. The minimum Gasteiger partial charge on any atom is -0.377 e. The quantitative estimate of drug-likeness (QED) is 0.592. The zero-order valence-electron chi connectivity index (χ0n) is 11.8. The molecule has 0 radical (unpaired) electrons. The maximum absolute atomic E-state index is 13.8. The van der Waals surface area contributed by atoms with Crippen LogP contribution < -0.4 is 5.32 Å². The number of aromatic nitrogens is 2. The minimum atomic E-state index is -0.658. The predicted octanol–water partition coefficient (Wildman–Crippen LogP) is 3.30. The standard InChI is InChI=1S/C15H13FN4O2/c1-10-3-2-6-19-9-11(18-15(10)19)8-17-14-5-4-12(20(21)22)7-13(14)16/h2-7,9,17H,8H2,1H3. The summed E-state index contributed by atoms with van der Waals surface area (Å²) in [6.45, 7) is 2.30. The Bertz CT molecular complexity index is 860. The molecule has 0 saturated heterocycles. The lowest BCUT2D eigenvalue weighted by Crippen LogP contribution is -2.02. The summed E-state index contributed by atoms with van der Waals surface area (Å²) in [5.41, 5.74) is 2.59. The minimum absolute atomic E-state index is 0.208. The van der Waals surface area contributed by atoms with Crippen molar-refractivity contribution in [1.82, 2.24) is 9.38 Å². The van der Waals surface area contributed by atoms with Gasteiger partial charge in [0.2, 0.25) is 0 Å². The molecule has 1 N–H and O–H groups in total. The molecule has 0 aliphatic rings. The van der Waals surface area contributed by atoms with E-state index < -0.39 is 10.7 Å². The van der Waals surface area contributed by atoms with Gasteiger partial charge in [-0.1, -0.05) is 6.07 Å². The molecule has 0 spiro atoms. The van der Waals surface area contributed by atoms with Gasteiger partial charge in [-0.2, -0.15) is 0 Å². The highest BCUT2D eigenvalue weighted by molar-refractivity contribution is 5.51. The fourth-order valence-corrected chi connectivity index (χ4v) is 2.24. The molecule has 0 aliphatic heterocycles. The van der Waals surface area contributed by atoms with Crippen LogP contribution in [0.15, 0.2) is 42.7 Å². The van der Waals surface area contributed by atoms with E-state index in [1.54, 1.807) is 0 Å². The Balaban J connectivity index is 1.79. The van der Waals surface area contributed by atoms with E-state index in [0.29, 0.717) is 6.54 Å². The molecule has 7 heteroatoms. The molecule has 0 saturated carbocycles. The van der Waals surface area contributed by atoms with E-state index in [-0.39, 0.29) is 11.4 Å².